The fourth-order valence-electron chi connectivity index (χ4n) is 2.31. The van der Waals surface area contributed by atoms with Crippen LogP contribution in [-0.4, -0.2) is 30.3 Å². The Kier molecular flexibility index (Phi) is 5.52. The van der Waals surface area contributed by atoms with E-state index in [9.17, 15) is 9.90 Å². The maximum Gasteiger partial charge on any atom is 0.257 e. The van der Waals surface area contributed by atoms with E-state index in [1.54, 1.807) is 18.2 Å². The van der Waals surface area contributed by atoms with E-state index in [0.29, 0.717) is 22.3 Å². The molecule has 0 aromatic heterocycles. The quantitative estimate of drug-likeness (QED) is 0.877. The van der Waals surface area contributed by atoms with Crippen molar-refractivity contribution in [3.63, 3.8) is 0 Å². The SMILES string of the molecule is O=C(COc1cc(Cl)cc(Cl)c1)NCC1CCCC1O. The third-order valence-corrected chi connectivity index (χ3v) is 3.82. The second-order valence-electron chi connectivity index (χ2n) is 4.96. The first-order valence-electron chi connectivity index (χ1n) is 6.58. The highest BCUT2D eigenvalue weighted by Gasteiger charge is 2.25. The zero-order chi connectivity index (χ0) is 14.5. The summed E-state index contributed by atoms with van der Waals surface area (Å²) < 4.78 is 5.33. The van der Waals surface area contributed by atoms with E-state index in [1.807, 2.05) is 0 Å². The molecule has 6 heteroatoms. The van der Waals surface area contributed by atoms with Gasteiger partial charge in [0.25, 0.3) is 5.91 Å². The number of amides is 1. The lowest BCUT2D eigenvalue weighted by molar-refractivity contribution is -0.123. The number of rotatable bonds is 5. The van der Waals surface area contributed by atoms with E-state index in [4.69, 9.17) is 27.9 Å². The summed E-state index contributed by atoms with van der Waals surface area (Å²) in [7, 11) is 0. The number of carbonyl (C=O) groups is 1. The minimum atomic E-state index is -0.303. The van der Waals surface area contributed by atoms with Crippen molar-refractivity contribution in [2.24, 2.45) is 5.92 Å². The lowest BCUT2D eigenvalue weighted by Gasteiger charge is -2.15. The topological polar surface area (TPSA) is 58.6 Å². The number of ether oxygens (including phenoxy) is 1. The van der Waals surface area contributed by atoms with Gasteiger partial charge in [-0.3, -0.25) is 4.79 Å². The molecule has 2 rings (SSSR count). The van der Waals surface area contributed by atoms with Gasteiger partial charge in [0.05, 0.1) is 6.10 Å². The molecular formula is C14H17Cl2NO3. The Labute approximate surface area is 128 Å². The van der Waals surface area contributed by atoms with Gasteiger partial charge in [-0.25, -0.2) is 0 Å². The molecule has 0 spiro atoms. The minimum absolute atomic E-state index is 0.0977. The van der Waals surface area contributed by atoms with Gasteiger partial charge in [-0.05, 0) is 31.0 Å². The Morgan fingerprint density at radius 1 is 1.30 bits per heavy atom. The van der Waals surface area contributed by atoms with E-state index >= 15 is 0 Å². The van der Waals surface area contributed by atoms with Crippen molar-refractivity contribution in [2.45, 2.75) is 25.4 Å². The highest BCUT2D eigenvalue weighted by Crippen LogP contribution is 2.25. The average Bonchev–Trinajstić information content (AvgIpc) is 2.78. The molecule has 0 radical (unpaired) electrons. The lowest BCUT2D eigenvalue weighted by Crippen LogP contribution is -2.35. The summed E-state index contributed by atoms with van der Waals surface area (Å²) in [6.07, 6.45) is 2.48. The maximum absolute atomic E-state index is 11.7. The van der Waals surface area contributed by atoms with Crippen molar-refractivity contribution in [1.29, 1.82) is 0 Å². The van der Waals surface area contributed by atoms with E-state index in [0.717, 1.165) is 19.3 Å². The number of hydrogen-bond donors (Lipinski definition) is 2. The largest absolute Gasteiger partial charge is 0.484 e. The van der Waals surface area contributed by atoms with Gasteiger partial charge < -0.3 is 15.2 Å². The molecule has 1 amide bonds. The van der Waals surface area contributed by atoms with Crippen LogP contribution in [0.4, 0.5) is 0 Å². The summed E-state index contributed by atoms with van der Waals surface area (Å²) in [5.74, 6) is 0.387. The van der Waals surface area contributed by atoms with E-state index < -0.39 is 0 Å². The first-order chi connectivity index (χ1) is 9.54. The van der Waals surface area contributed by atoms with Crippen LogP contribution in [0.25, 0.3) is 0 Å². The van der Waals surface area contributed by atoms with Crippen LogP contribution in [0.5, 0.6) is 5.75 Å². The molecule has 1 saturated carbocycles. The van der Waals surface area contributed by atoms with Gasteiger partial charge in [-0.1, -0.05) is 29.6 Å². The third-order valence-electron chi connectivity index (χ3n) is 3.39. The summed E-state index contributed by atoms with van der Waals surface area (Å²) in [4.78, 5) is 11.7. The Bertz CT molecular complexity index is 461. The van der Waals surface area contributed by atoms with Crippen LogP contribution in [0.3, 0.4) is 0 Å². The van der Waals surface area contributed by atoms with Crippen molar-refractivity contribution in [3.05, 3.63) is 28.2 Å². The van der Waals surface area contributed by atoms with E-state index in [2.05, 4.69) is 5.32 Å². The third kappa shape index (κ3) is 4.54. The molecule has 1 fully saturated rings. The number of carbonyl (C=O) groups excluding carboxylic acids is 1. The molecule has 2 N–H and O–H groups in total. The monoisotopic (exact) mass is 317 g/mol. The molecule has 1 aliphatic rings. The van der Waals surface area contributed by atoms with Gasteiger partial charge in [0.1, 0.15) is 5.75 Å². The van der Waals surface area contributed by atoms with Crippen LogP contribution in [0.15, 0.2) is 18.2 Å². The summed E-state index contributed by atoms with van der Waals surface area (Å²) in [5.41, 5.74) is 0. The number of nitrogens with one attached hydrogen (secondary N) is 1. The second-order valence-corrected chi connectivity index (χ2v) is 5.83. The number of hydrogen-bond acceptors (Lipinski definition) is 3. The lowest BCUT2D eigenvalue weighted by atomic mass is 10.1. The highest BCUT2D eigenvalue weighted by molar-refractivity contribution is 6.34. The van der Waals surface area contributed by atoms with Crippen molar-refractivity contribution in [1.82, 2.24) is 5.32 Å². The van der Waals surface area contributed by atoms with Gasteiger partial charge in [-0.15, -0.1) is 0 Å². The van der Waals surface area contributed by atoms with Gasteiger partial charge in [0, 0.05) is 22.5 Å². The number of benzene rings is 1. The van der Waals surface area contributed by atoms with E-state index in [1.165, 1.54) is 0 Å². The standard InChI is InChI=1S/C14H17Cl2NO3/c15-10-4-11(16)6-12(5-10)20-8-14(19)17-7-9-2-1-3-13(9)18/h4-6,9,13,18H,1-3,7-8H2,(H,17,19). The molecule has 2 unspecified atom stereocenters. The Morgan fingerprint density at radius 2 is 2.00 bits per heavy atom. The first kappa shape index (κ1) is 15.4. The fourth-order valence-corrected chi connectivity index (χ4v) is 2.82. The zero-order valence-corrected chi connectivity index (χ0v) is 12.5. The number of aliphatic hydroxyl groups excluding tert-OH is 1. The molecule has 2 atom stereocenters. The van der Waals surface area contributed by atoms with Crippen molar-refractivity contribution >= 4 is 29.1 Å². The summed E-state index contributed by atoms with van der Waals surface area (Å²) in [6, 6.07) is 4.79. The molecule has 110 valence electrons. The van der Waals surface area contributed by atoms with Gasteiger partial charge in [-0.2, -0.15) is 0 Å². The molecule has 4 nitrogen and oxygen atoms in total. The fraction of sp³-hybridized carbons (Fsp3) is 0.500. The molecule has 0 aliphatic heterocycles. The smallest absolute Gasteiger partial charge is 0.257 e. The van der Waals surface area contributed by atoms with E-state index in [-0.39, 0.29) is 24.5 Å². The molecule has 0 heterocycles. The van der Waals surface area contributed by atoms with Crippen molar-refractivity contribution in [2.75, 3.05) is 13.2 Å². The number of aliphatic hydroxyl groups is 1. The molecule has 1 aromatic carbocycles. The first-order valence-corrected chi connectivity index (χ1v) is 7.34. The van der Waals surface area contributed by atoms with Crippen LogP contribution in [0, 0.1) is 5.92 Å². The van der Waals surface area contributed by atoms with Gasteiger partial charge >= 0.3 is 0 Å². The van der Waals surface area contributed by atoms with Crippen LogP contribution in [-0.2, 0) is 4.79 Å². The summed E-state index contributed by atoms with van der Waals surface area (Å²) >= 11 is 11.7. The second kappa shape index (κ2) is 7.16. The van der Waals surface area contributed by atoms with Gasteiger partial charge in [0.15, 0.2) is 6.61 Å². The van der Waals surface area contributed by atoms with Crippen LogP contribution >= 0.6 is 23.2 Å². The predicted octanol–water partition coefficient (Wildman–Crippen LogP) is 2.65. The zero-order valence-electron chi connectivity index (χ0n) is 10.9. The molecule has 20 heavy (non-hydrogen) atoms. The number of halogens is 2. The molecule has 1 aromatic rings. The van der Waals surface area contributed by atoms with Gasteiger partial charge in [0.2, 0.25) is 0 Å². The Morgan fingerprint density at radius 3 is 2.60 bits per heavy atom. The normalized spacial score (nSPS) is 21.8. The molecule has 0 bridgehead atoms. The van der Waals surface area contributed by atoms with Crippen molar-refractivity contribution < 1.29 is 14.6 Å². The van der Waals surface area contributed by atoms with Crippen LogP contribution < -0.4 is 10.1 Å². The molecule has 1 aliphatic carbocycles. The molecule has 0 saturated heterocycles. The van der Waals surface area contributed by atoms with Crippen LogP contribution in [0.1, 0.15) is 19.3 Å². The predicted molar refractivity (Wildman–Crippen MR) is 78.3 cm³/mol. The highest BCUT2D eigenvalue weighted by atomic mass is 35.5. The average molecular weight is 318 g/mol. The minimum Gasteiger partial charge on any atom is -0.484 e. The Balaban J connectivity index is 1.74. The Hall–Kier alpha value is -0.970. The van der Waals surface area contributed by atoms with Crippen LogP contribution in [0.2, 0.25) is 10.0 Å². The summed E-state index contributed by atoms with van der Waals surface area (Å²) in [6.45, 7) is 0.388. The maximum atomic E-state index is 11.7. The summed E-state index contributed by atoms with van der Waals surface area (Å²) in [5, 5.41) is 13.3. The van der Waals surface area contributed by atoms with Crippen molar-refractivity contribution in [3.8, 4) is 5.75 Å². The molecular weight excluding hydrogens is 301 g/mol.